The van der Waals surface area contributed by atoms with Crippen LogP contribution in [0.1, 0.15) is 44.2 Å². The van der Waals surface area contributed by atoms with E-state index in [1.807, 2.05) is 0 Å². The van der Waals surface area contributed by atoms with Gasteiger partial charge in [-0.2, -0.15) is 0 Å². The van der Waals surface area contributed by atoms with Crippen LogP contribution in [0, 0.1) is 5.92 Å². The van der Waals surface area contributed by atoms with Crippen LogP contribution in [0.3, 0.4) is 0 Å². The first-order valence-corrected chi connectivity index (χ1v) is 6.58. The molecule has 94 valence electrons. The van der Waals surface area contributed by atoms with Gasteiger partial charge < -0.3 is 10.3 Å². The van der Waals surface area contributed by atoms with Gasteiger partial charge in [-0.15, -0.1) is 0 Å². The number of aromatic amines is 1. The number of nitrogens with one attached hydrogen (secondary N) is 2. The number of hydrogen-bond acceptors (Lipinski definition) is 2. The average molecular weight is 235 g/mol. The molecule has 1 fully saturated rings. The van der Waals surface area contributed by atoms with Crippen LogP contribution in [0.5, 0.6) is 0 Å². The Hall–Kier alpha value is -1.32. The molecule has 1 heterocycles. The van der Waals surface area contributed by atoms with Gasteiger partial charge in [0.05, 0.1) is 6.33 Å². The number of H-pyrrole nitrogens is 1. The Labute approximate surface area is 102 Å². The summed E-state index contributed by atoms with van der Waals surface area (Å²) in [7, 11) is 0. The van der Waals surface area contributed by atoms with Crippen molar-refractivity contribution in [3.63, 3.8) is 0 Å². The van der Waals surface area contributed by atoms with E-state index in [1.54, 1.807) is 12.5 Å². The molecule has 0 saturated heterocycles. The summed E-state index contributed by atoms with van der Waals surface area (Å²) in [6, 6.07) is 0. The number of carbonyl (C=O) groups is 1. The minimum Gasteiger partial charge on any atom is -0.356 e. The molecule has 2 rings (SSSR count). The second-order valence-electron chi connectivity index (χ2n) is 4.87. The first-order valence-electron chi connectivity index (χ1n) is 6.58. The molecule has 0 aromatic carbocycles. The van der Waals surface area contributed by atoms with Crippen molar-refractivity contribution in [2.45, 2.75) is 44.9 Å². The average Bonchev–Trinajstić information content (AvgIpc) is 2.99. The first-order chi connectivity index (χ1) is 8.34. The number of rotatable bonds is 6. The fourth-order valence-corrected chi connectivity index (χ4v) is 2.48. The van der Waals surface area contributed by atoms with Gasteiger partial charge in [-0.3, -0.25) is 4.79 Å². The molecule has 0 bridgehead atoms. The lowest BCUT2D eigenvalue weighted by molar-refractivity contribution is -0.121. The van der Waals surface area contributed by atoms with Crippen LogP contribution in [0.2, 0.25) is 0 Å². The van der Waals surface area contributed by atoms with Crippen molar-refractivity contribution < 1.29 is 4.79 Å². The van der Waals surface area contributed by atoms with E-state index >= 15 is 0 Å². The summed E-state index contributed by atoms with van der Waals surface area (Å²) < 4.78 is 0. The van der Waals surface area contributed by atoms with E-state index in [2.05, 4.69) is 15.3 Å². The highest BCUT2D eigenvalue weighted by molar-refractivity contribution is 5.75. The van der Waals surface area contributed by atoms with Crippen LogP contribution < -0.4 is 5.32 Å². The fraction of sp³-hybridized carbons (Fsp3) is 0.692. The zero-order chi connectivity index (χ0) is 11.9. The largest absolute Gasteiger partial charge is 0.356 e. The summed E-state index contributed by atoms with van der Waals surface area (Å²) in [5.41, 5.74) is 1.07. The number of imidazole rings is 1. The molecule has 1 saturated carbocycles. The lowest BCUT2D eigenvalue weighted by atomic mass is 10.0. The predicted octanol–water partition coefficient (Wildman–Crippen LogP) is 2.04. The Morgan fingerprint density at radius 3 is 3.00 bits per heavy atom. The third-order valence-electron chi connectivity index (χ3n) is 3.53. The molecule has 0 atom stereocenters. The van der Waals surface area contributed by atoms with Crippen LogP contribution in [0.15, 0.2) is 12.5 Å². The second kappa shape index (κ2) is 6.42. The lowest BCUT2D eigenvalue weighted by Gasteiger charge is -2.08. The maximum Gasteiger partial charge on any atom is 0.220 e. The maximum atomic E-state index is 11.6. The standard InChI is InChI=1S/C13H21N3O/c17-13(6-5-11-3-1-2-4-11)15-8-7-12-9-14-10-16-12/h9-11H,1-8H2,(H,14,16)(H,15,17). The molecule has 0 radical (unpaired) electrons. The molecule has 4 nitrogen and oxygen atoms in total. The predicted molar refractivity (Wildman–Crippen MR) is 66.5 cm³/mol. The zero-order valence-corrected chi connectivity index (χ0v) is 10.2. The van der Waals surface area contributed by atoms with E-state index in [4.69, 9.17) is 0 Å². The molecule has 4 heteroatoms. The van der Waals surface area contributed by atoms with E-state index in [1.165, 1.54) is 25.7 Å². The Morgan fingerprint density at radius 2 is 2.29 bits per heavy atom. The number of hydrogen-bond donors (Lipinski definition) is 2. The maximum absolute atomic E-state index is 11.6. The van der Waals surface area contributed by atoms with Gasteiger partial charge in [0, 0.05) is 31.3 Å². The van der Waals surface area contributed by atoms with Crippen LogP contribution >= 0.6 is 0 Å². The second-order valence-corrected chi connectivity index (χ2v) is 4.87. The van der Waals surface area contributed by atoms with Crippen LogP contribution in [0.25, 0.3) is 0 Å². The monoisotopic (exact) mass is 235 g/mol. The first kappa shape index (κ1) is 12.1. The molecule has 1 aromatic heterocycles. The molecule has 0 aliphatic heterocycles. The molecule has 1 aromatic rings. The zero-order valence-electron chi connectivity index (χ0n) is 10.2. The van der Waals surface area contributed by atoms with Crippen molar-refractivity contribution >= 4 is 5.91 Å². The van der Waals surface area contributed by atoms with E-state index in [9.17, 15) is 4.79 Å². The number of amides is 1. The number of aromatic nitrogens is 2. The van der Waals surface area contributed by atoms with E-state index in [0.29, 0.717) is 13.0 Å². The number of carbonyl (C=O) groups excluding carboxylic acids is 1. The minimum atomic E-state index is 0.191. The topological polar surface area (TPSA) is 57.8 Å². The van der Waals surface area contributed by atoms with Crippen LogP contribution in [-0.4, -0.2) is 22.4 Å². The van der Waals surface area contributed by atoms with Crippen molar-refractivity contribution in [1.82, 2.24) is 15.3 Å². The molecule has 17 heavy (non-hydrogen) atoms. The Kier molecular flexibility index (Phi) is 4.59. The molecule has 1 aliphatic carbocycles. The molecule has 0 unspecified atom stereocenters. The fourth-order valence-electron chi connectivity index (χ4n) is 2.48. The third-order valence-corrected chi connectivity index (χ3v) is 3.53. The van der Waals surface area contributed by atoms with Crippen molar-refractivity contribution in [2.24, 2.45) is 5.92 Å². The van der Waals surface area contributed by atoms with Crippen molar-refractivity contribution in [2.75, 3.05) is 6.54 Å². The normalized spacial score (nSPS) is 16.2. The third kappa shape index (κ3) is 4.21. The molecular formula is C13H21N3O. The van der Waals surface area contributed by atoms with E-state index in [-0.39, 0.29) is 5.91 Å². The summed E-state index contributed by atoms with van der Waals surface area (Å²) in [5, 5.41) is 2.96. The quantitative estimate of drug-likeness (QED) is 0.792. The SMILES string of the molecule is O=C(CCC1CCCC1)NCCc1cnc[nH]1. The minimum absolute atomic E-state index is 0.191. The summed E-state index contributed by atoms with van der Waals surface area (Å²) in [6.07, 6.45) is 11.4. The van der Waals surface area contributed by atoms with Crippen LogP contribution in [-0.2, 0) is 11.2 Å². The summed E-state index contributed by atoms with van der Waals surface area (Å²) in [5.74, 6) is 0.991. The van der Waals surface area contributed by atoms with Crippen molar-refractivity contribution in [3.8, 4) is 0 Å². The Balaban J connectivity index is 1.54. The Morgan fingerprint density at radius 1 is 1.47 bits per heavy atom. The molecule has 1 aliphatic rings. The molecule has 1 amide bonds. The van der Waals surface area contributed by atoms with Gasteiger partial charge in [0.2, 0.25) is 5.91 Å². The van der Waals surface area contributed by atoms with Gasteiger partial charge in [0.15, 0.2) is 0 Å². The highest BCUT2D eigenvalue weighted by Gasteiger charge is 2.15. The van der Waals surface area contributed by atoms with Gasteiger partial charge in [-0.1, -0.05) is 25.7 Å². The van der Waals surface area contributed by atoms with Gasteiger partial charge in [0.1, 0.15) is 0 Å². The highest BCUT2D eigenvalue weighted by atomic mass is 16.1. The molecule has 2 N–H and O–H groups in total. The van der Waals surface area contributed by atoms with Crippen LogP contribution in [0.4, 0.5) is 0 Å². The van der Waals surface area contributed by atoms with Crippen molar-refractivity contribution in [3.05, 3.63) is 18.2 Å². The van der Waals surface area contributed by atoms with Gasteiger partial charge in [0.25, 0.3) is 0 Å². The summed E-state index contributed by atoms with van der Waals surface area (Å²) in [6.45, 7) is 0.700. The lowest BCUT2D eigenvalue weighted by Crippen LogP contribution is -2.25. The number of nitrogens with zero attached hydrogens (tertiary/aromatic N) is 1. The highest BCUT2D eigenvalue weighted by Crippen LogP contribution is 2.28. The smallest absolute Gasteiger partial charge is 0.220 e. The molecule has 0 spiro atoms. The van der Waals surface area contributed by atoms with Gasteiger partial charge in [-0.05, 0) is 12.3 Å². The van der Waals surface area contributed by atoms with Crippen molar-refractivity contribution in [1.29, 1.82) is 0 Å². The summed E-state index contributed by atoms with van der Waals surface area (Å²) in [4.78, 5) is 18.6. The Bertz CT molecular complexity index is 328. The molecular weight excluding hydrogens is 214 g/mol. The van der Waals surface area contributed by atoms with E-state index in [0.717, 1.165) is 24.5 Å². The van der Waals surface area contributed by atoms with Gasteiger partial charge >= 0.3 is 0 Å². The van der Waals surface area contributed by atoms with E-state index < -0.39 is 0 Å². The summed E-state index contributed by atoms with van der Waals surface area (Å²) >= 11 is 0. The van der Waals surface area contributed by atoms with Gasteiger partial charge in [-0.25, -0.2) is 4.98 Å².